The molecule has 0 amide bonds. The Hall–Kier alpha value is -0.870. The lowest BCUT2D eigenvalue weighted by Gasteiger charge is -2.41. The third kappa shape index (κ3) is 2.63. The van der Waals surface area contributed by atoms with Crippen molar-refractivity contribution in [1.29, 1.82) is 0 Å². The summed E-state index contributed by atoms with van der Waals surface area (Å²) in [6, 6.07) is 5.06. The molecule has 0 aromatic heterocycles. The molecule has 112 valence electrons. The van der Waals surface area contributed by atoms with Crippen molar-refractivity contribution in [3.8, 4) is 0 Å². The van der Waals surface area contributed by atoms with E-state index in [0.29, 0.717) is 11.3 Å². The van der Waals surface area contributed by atoms with Gasteiger partial charge in [-0.25, -0.2) is 8.42 Å². The molecule has 0 saturated heterocycles. The maximum absolute atomic E-state index is 12.9. The highest BCUT2D eigenvalue weighted by Crippen LogP contribution is 2.39. The quantitative estimate of drug-likeness (QED) is 0.912. The average molecular weight is 295 g/mol. The largest absolute Gasteiger partial charge is 0.326 e. The lowest BCUT2D eigenvalue weighted by molar-refractivity contribution is 0.204. The molecule has 0 bridgehead atoms. The molecule has 20 heavy (non-hydrogen) atoms. The zero-order chi connectivity index (χ0) is 15.1. The zero-order valence-corrected chi connectivity index (χ0v) is 13.6. The van der Waals surface area contributed by atoms with Crippen LogP contribution in [0.3, 0.4) is 0 Å². The summed E-state index contributed by atoms with van der Waals surface area (Å²) >= 11 is 0. The predicted octanol–water partition coefficient (Wildman–Crippen LogP) is 2.98. The van der Waals surface area contributed by atoms with Crippen molar-refractivity contribution in [3.63, 3.8) is 0 Å². The summed E-state index contributed by atoms with van der Waals surface area (Å²) in [7, 11) is -3.35. The van der Waals surface area contributed by atoms with Crippen LogP contribution < -0.4 is 5.73 Å². The predicted molar refractivity (Wildman–Crippen MR) is 82.5 cm³/mol. The van der Waals surface area contributed by atoms with Crippen molar-refractivity contribution in [2.45, 2.75) is 63.1 Å². The monoisotopic (exact) mass is 295 g/mol. The Kier molecular flexibility index (Phi) is 4.00. The number of benzene rings is 1. The lowest BCUT2D eigenvalue weighted by Crippen LogP contribution is -2.52. The van der Waals surface area contributed by atoms with Gasteiger partial charge < -0.3 is 5.73 Å². The van der Waals surface area contributed by atoms with Gasteiger partial charge in [0.05, 0.1) is 10.1 Å². The van der Waals surface area contributed by atoms with Gasteiger partial charge in [0.25, 0.3) is 0 Å². The molecule has 4 heteroatoms. The Morgan fingerprint density at radius 1 is 1.20 bits per heavy atom. The average Bonchev–Trinajstić information content (AvgIpc) is 2.35. The van der Waals surface area contributed by atoms with E-state index in [-0.39, 0.29) is 11.5 Å². The fourth-order valence-corrected chi connectivity index (χ4v) is 5.20. The van der Waals surface area contributed by atoms with E-state index in [1.54, 1.807) is 12.1 Å². The van der Waals surface area contributed by atoms with Crippen LogP contribution in [0, 0.1) is 19.3 Å². The smallest absolute Gasteiger partial charge is 0.182 e. The lowest BCUT2D eigenvalue weighted by atomic mass is 9.73. The number of hydrogen-bond acceptors (Lipinski definition) is 3. The Bertz CT molecular complexity index is 605. The first-order valence-electron chi connectivity index (χ1n) is 7.23. The highest BCUT2D eigenvalue weighted by Gasteiger charge is 2.43. The minimum atomic E-state index is -3.35. The highest BCUT2D eigenvalue weighted by molar-refractivity contribution is 7.92. The molecular weight excluding hydrogens is 270 g/mol. The molecule has 1 saturated carbocycles. The fraction of sp³-hybridized carbons (Fsp3) is 0.625. The van der Waals surface area contributed by atoms with Crippen molar-refractivity contribution >= 4 is 9.84 Å². The number of sulfone groups is 1. The minimum absolute atomic E-state index is 0.115. The Morgan fingerprint density at radius 3 is 2.45 bits per heavy atom. The van der Waals surface area contributed by atoms with Crippen molar-refractivity contribution in [2.75, 3.05) is 0 Å². The van der Waals surface area contributed by atoms with Gasteiger partial charge in [-0.1, -0.05) is 26.3 Å². The van der Waals surface area contributed by atoms with Crippen LogP contribution in [0.15, 0.2) is 23.1 Å². The molecule has 2 atom stereocenters. The molecule has 1 fully saturated rings. The summed E-state index contributed by atoms with van der Waals surface area (Å²) in [6.07, 6.45) is 2.59. The van der Waals surface area contributed by atoms with Crippen molar-refractivity contribution in [2.24, 2.45) is 11.1 Å². The van der Waals surface area contributed by atoms with Crippen LogP contribution in [0.25, 0.3) is 0 Å². The van der Waals surface area contributed by atoms with Crippen LogP contribution in [-0.2, 0) is 9.84 Å². The van der Waals surface area contributed by atoms with Gasteiger partial charge in [-0.3, -0.25) is 0 Å². The maximum Gasteiger partial charge on any atom is 0.182 e. The second kappa shape index (κ2) is 5.15. The number of rotatable bonds is 2. The number of nitrogens with two attached hydrogens (primary N) is 1. The van der Waals surface area contributed by atoms with Crippen molar-refractivity contribution in [1.82, 2.24) is 0 Å². The van der Waals surface area contributed by atoms with E-state index in [2.05, 4.69) is 13.8 Å². The molecule has 3 nitrogen and oxygen atoms in total. The van der Waals surface area contributed by atoms with E-state index in [1.807, 2.05) is 19.9 Å². The molecule has 1 aliphatic rings. The van der Waals surface area contributed by atoms with Crippen LogP contribution in [0.1, 0.15) is 44.2 Å². The topological polar surface area (TPSA) is 60.2 Å². The van der Waals surface area contributed by atoms with Crippen LogP contribution in [-0.4, -0.2) is 19.7 Å². The van der Waals surface area contributed by atoms with Crippen LogP contribution in [0.5, 0.6) is 0 Å². The Morgan fingerprint density at radius 2 is 1.85 bits per heavy atom. The fourth-order valence-electron chi connectivity index (χ4n) is 3.02. The van der Waals surface area contributed by atoms with E-state index in [0.717, 1.165) is 24.0 Å². The highest BCUT2D eigenvalue weighted by atomic mass is 32.2. The Balaban J connectivity index is 2.41. The molecule has 1 aromatic rings. The summed E-state index contributed by atoms with van der Waals surface area (Å²) in [6.45, 7) is 8.07. The van der Waals surface area contributed by atoms with E-state index in [9.17, 15) is 8.42 Å². The number of hydrogen-bond donors (Lipinski definition) is 1. The van der Waals surface area contributed by atoms with Gasteiger partial charge in [0.15, 0.2) is 9.84 Å². The van der Waals surface area contributed by atoms with Gasteiger partial charge in [0, 0.05) is 6.04 Å². The van der Waals surface area contributed by atoms with Crippen molar-refractivity contribution in [3.05, 3.63) is 29.3 Å². The summed E-state index contributed by atoms with van der Waals surface area (Å²) < 4.78 is 25.7. The van der Waals surface area contributed by atoms with Crippen LogP contribution in [0.2, 0.25) is 0 Å². The van der Waals surface area contributed by atoms with Crippen LogP contribution in [0.4, 0.5) is 0 Å². The molecule has 2 N–H and O–H groups in total. The summed E-state index contributed by atoms with van der Waals surface area (Å²) in [5.41, 5.74) is 8.27. The van der Waals surface area contributed by atoms with E-state index < -0.39 is 15.1 Å². The van der Waals surface area contributed by atoms with Gasteiger partial charge in [-0.05, 0) is 55.4 Å². The molecule has 0 aliphatic heterocycles. The molecule has 0 spiro atoms. The molecular formula is C16H25NO2S. The number of aryl methyl sites for hydroxylation is 2. The molecule has 2 unspecified atom stereocenters. The zero-order valence-electron chi connectivity index (χ0n) is 12.8. The van der Waals surface area contributed by atoms with E-state index in [4.69, 9.17) is 5.73 Å². The molecule has 0 radical (unpaired) electrons. The Labute approximate surface area is 122 Å². The molecule has 0 heterocycles. The first kappa shape index (κ1) is 15.5. The second-order valence-electron chi connectivity index (χ2n) is 6.74. The summed E-state index contributed by atoms with van der Waals surface area (Å²) in [5, 5.41) is -0.464. The minimum Gasteiger partial charge on any atom is -0.326 e. The van der Waals surface area contributed by atoms with E-state index in [1.165, 1.54) is 0 Å². The first-order chi connectivity index (χ1) is 9.16. The van der Waals surface area contributed by atoms with E-state index >= 15 is 0 Å². The van der Waals surface area contributed by atoms with Crippen LogP contribution >= 0.6 is 0 Å². The molecule has 2 rings (SSSR count). The van der Waals surface area contributed by atoms with Gasteiger partial charge >= 0.3 is 0 Å². The van der Waals surface area contributed by atoms with Crippen molar-refractivity contribution < 1.29 is 8.42 Å². The summed E-state index contributed by atoms with van der Waals surface area (Å²) in [4.78, 5) is 0.416. The first-order valence-corrected chi connectivity index (χ1v) is 8.77. The molecule has 1 aromatic carbocycles. The summed E-state index contributed by atoms with van der Waals surface area (Å²) in [5.74, 6) is 0. The van der Waals surface area contributed by atoms with Gasteiger partial charge in [-0.15, -0.1) is 0 Å². The van der Waals surface area contributed by atoms with Gasteiger partial charge in [0.2, 0.25) is 0 Å². The SMILES string of the molecule is Cc1ccc(S(=O)(=O)C2CCCC(C)(C)C2N)cc1C. The molecule has 1 aliphatic carbocycles. The normalized spacial score (nSPS) is 26.4. The third-order valence-corrected chi connectivity index (χ3v) is 7.06. The second-order valence-corrected chi connectivity index (χ2v) is 8.90. The maximum atomic E-state index is 12.9. The third-order valence-electron chi connectivity index (χ3n) is 4.82. The van der Waals surface area contributed by atoms with Gasteiger partial charge in [-0.2, -0.15) is 0 Å². The van der Waals surface area contributed by atoms with Gasteiger partial charge in [0.1, 0.15) is 0 Å². The standard InChI is InChI=1S/C16H25NO2S/c1-11-7-8-13(10-12(11)2)20(18,19)14-6-5-9-16(3,4)15(14)17/h7-8,10,14-15H,5-6,9,17H2,1-4H3.